The average Bonchev–Trinajstić information content (AvgIpc) is 2.51. The van der Waals surface area contributed by atoms with Crippen LogP contribution in [-0.4, -0.2) is 4.34 Å². The van der Waals surface area contributed by atoms with E-state index in [0.29, 0.717) is 0 Å². The number of hydrogen-bond acceptors (Lipinski definition) is 0. The van der Waals surface area contributed by atoms with Gasteiger partial charge in [-0.2, -0.15) is 0 Å². The molecule has 0 N–H and O–H groups in total. The monoisotopic (exact) mass is 215 g/mol. The first kappa shape index (κ1) is 10.2. The van der Waals surface area contributed by atoms with E-state index in [4.69, 9.17) is 0 Å². The highest BCUT2D eigenvalue weighted by atomic mass is 31.0. The summed E-state index contributed by atoms with van der Waals surface area (Å²) in [6.07, 6.45) is 5.83. The summed E-state index contributed by atoms with van der Waals surface area (Å²) in [5.41, 5.74) is 3.75. The van der Waals surface area contributed by atoms with Crippen molar-refractivity contribution in [2.45, 2.75) is 6.92 Å². The van der Waals surface area contributed by atoms with Gasteiger partial charge in [-0.25, -0.2) is 0 Å². The average molecular weight is 215 g/mol. The maximum Gasteiger partial charge on any atom is 0.0517 e. The van der Waals surface area contributed by atoms with Crippen LogP contribution in [0.5, 0.6) is 0 Å². The van der Waals surface area contributed by atoms with Gasteiger partial charge in [0, 0.05) is 11.1 Å². The normalized spacial score (nSPS) is 11.3. The smallest absolute Gasteiger partial charge is 0.0517 e. The number of aromatic nitrogens is 1. The van der Waals surface area contributed by atoms with Crippen LogP contribution in [0.1, 0.15) is 11.3 Å². The third-order valence-corrected chi connectivity index (χ3v) is 3.16. The van der Waals surface area contributed by atoms with Crippen molar-refractivity contribution in [2.24, 2.45) is 0 Å². The summed E-state index contributed by atoms with van der Waals surface area (Å²) in [7, 11) is 2.75. The molecule has 0 fully saturated rings. The van der Waals surface area contributed by atoms with Crippen molar-refractivity contribution in [3.63, 3.8) is 0 Å². The van der Waals surface area contributed by atoms with E-state index in [1.807, 2.05) is 6.08 Å². The minimum absolute atomic E-state index is 1.21. The summed E-state index contributed by atoms with van der Waals surface area (Å²) in [6, 6.07) is 8.40. The van der Waals surface area contributed by atoms with E-state index in [2.05, 4.69) is 57.6 Å². The lowest BCUT2D eigenvalue weighted by Crippen LogP contribution is -1.82. The number of hydrogen-bond donors (Lipinski definition) is 0. The second kappa shape index (κ2) is 4.04. The number of benzene rings is 1. The molecule has 2 heteroatoms. The standard InChI is InChI=1S/C13H14NP/c1-3-4-8-12-10(2)11-7-5-6-9-13(11)14(12)15/h3-9H,1,15H2,2H3/b8-4-. The van der Waals surface area contributed by atoms with Gasteiger partial charge in [-0.05, 0) is 34.0 Å². The Morgan fingerprint density at radius 1 is 1.33 bits per heavy atom. The molecular formula is C13H14NP. The first-order valence-electron chi connectivity index (χ1n) is 4.90. The van der Waals surface area contributed by atoms with Crippen molar-refractivity contribution < 1.29 is 0 Å². The Balaban J connectivity index is 2.74. The molecule has 2 aromatic rings. The highest BCUT2D eigenvalue weighted by Crippen LogP contribution is 2.28. The summed E-state index contributed by atoms with van der Waals surface area (Å²) in [5, 5.41) is 1.30. The molecule has 0 spiro atoms. The Labute approximate surface area is 92.4 Å². The van der Waals surface area contributed by atoms with E-state index >= 15 is 0 Å². The molecule has 1 atom stereocenters. The second-order valence-electron chi connectivity index (χ2n) is 3.49. The zero-order chi connectivity index (χ0) is 10.8. The van der Waals surface area contributed by atoms with Crippen LogP contribution >= 0.6 is 9.39 Å². The van der Waals surface area contributed by atoms with Gasteiger partial charge in [0.15, 0.2) is 0 Å². The van der Waals surface area contributed by atoms with Crippen molar-refractivity contribution in [1.29, 1.82) is 0 Å². The molecule has 1 heterocycles. The lowest BCUT2D eigenvalue weighted by molar-refractivity contribution is 1.29. The van der Waals surface area contributed by atoms with Gasteiger partial charge in [-0.3, -0.25) is 0 Å². The van der Waals surface area contributed by atoms with Gasteiger partial charge in [0.2, 0.25) is 0 Å². The lowest BCUT2D eigenvalue weighted by atomic mass is 10.1. The molecular weight excluding hydrogens is 201 g/mol. The minimum Gasteiger partial charge on any atom is -0.325 e. The Morgan fingerprint density at radius 2 is 2.07 bits per heavy atom. The Morgan fingerprint density at radius 3 is 2.73 bits per heavy atom. The van der Waals surface area contributed by atoms with E-state index in [1.54, 1.807) is 6.08 Å². The van der Waals surface area contributed by atoms with E-state index in [-0.39, 0.29) is 0 Å². The quantitative estimate of drug-likeness (QED) is 0.530. The van der Waals surface area contributed by atoms with E-state index in [0.717, 1.165) is 0 Å². The molecule has 0 radical (unpaired) electrons. The lowest BCUT2D eigenvalue weighted by Gasteiger charge is -1.98. The van der Waals surface area contributed by atoms with Gasteiger partial charge < -0.3 is 4.34 Å². The largest absolute Gasteiger partial charge is 0.325 e. The number of para-hydroxylation sites is 1. The van der Waals surface area contributed by atoms with Crippen LogP contribution in [0, 0.1) is 6.92 Å². The molecule has 1 nitrogen and oxygen atoms in total. The maximum atomic E-state index is 3.69. The molecule has 0 aliphatic heterocycles. The SMILES string of the molecule is C=C/C=C\c1c(C)c2ccccc2n1P. The molecule has 0 aliphatic carbocycles. The number of allylic oxidation sites excluding steroid dienone is 2. The fraction of sp³-hybridized carbons (Fsp3) is 0.0769. The predicted molar refractivity (Wildman–Crippen MR) is 71.0 cm³/mol. The van der Waals surface area contributed by atoms with Crippen LogP contribution in [0.25, 0.3) is 17.0 Å². The molecule has 0 amide bonds. The van der Waals surface area contributed by atoms with Crippen molar-refractivity contribution in [1.82, 2.24) is 4.34 Å². The van der Waals surface area contributed by atoms with E-state index in [9.17, 15) is 0 Å². The first-order chi connectivity index (χ1) is 7.25. The molecule has 0 saturated heterocycles. The Kier molecular flexibility index (Phi) is 2.75. The molecule has 0 aliphatic rings. The fourth-order valence-corrected chi connectivity index (χ4v) is 2.32. The van der Waals surface area contributed by atoms with Gasteiger partial charge in [-0.15, -0.1) is 0 Å². The molecule has 15 heavy (non-hydrogen) atoms. The number of rotatable bonds is 2. The zero-order valence-corrected chi connectivity index (χ0v) is 9.93. The van der Waals surface area contributed by atoms with E-state index < -0.39 is 0 Å². The van der Waals surface area contributed by atoms with Crippen molar-refractivity contribution >= 4 is 26.4 Å². The van der Waals surface area contributed by atoms with Crippen LogP contribution in [0.15, 0.2) is 43.0 Å². The first-order valence-corrected chi connectivity index (χ1v) is 5.41. The maximum absolute atomic E-state index is 3.69. The summed E-state index contributed by atoms with van der Waals surface area (Å²) < 4.78 is 2.13. The van der Waals surface area contributed by atoms with Crippen LogP contribution in [0.4, 0.5) is 0 Å². The molecule has 0 bridgehead atoms. The second-order valence-corrected chi connectivity index (χ2v) is 4.01. The molecule has 0 saturated carbocycles. The van der Waals surface area contributed by atoms with Gasteiger partial charge >= 0.3 is 0 Å². The highest BCUT2D eigenvalue weighted by molar-refractivity contribution is 7.15. The van der Waals surface area contributed by atoms with Gasteiger partial charge in [0.05, 0.1) is 5.52 Å². The Bertz CT molecular complexity index is 496. The van der Waals surface area contributed by atoms with Gasteiger partial charge in [0.1, 0.15) is 0 Å². The molecule has 1 unspecified atom stereocenters. The molecule has 1 aromatic carbocycles. The highest BCUT2D eigenvalue weighted by Gasteiger charge is 2.07. The molecule has 1 aromatic heterocycles. The van der Waals surface area contributed by atoms with Crippen LogP contribution < -0.4 is 0 Å². The number of nitrogens with zero attached hydrogens (tertiary/aromatic N) is 1. The van der Waals surface area contributed by atoms with E-state index in [1.165, 1.54) is 22.2 Å². The molecule has 2 rings (SSSR count). The summed E-state index contributed by atoms with van der Waals surface area (Å²) in [5.74, 6) is 0. The summed E-state index contributed by atoms with van der Waals surface area (Å²) in [6.45, 7) is 5.83. The van der Waals surface area contributed by atoms with Crippen LogP contribution in [0.2, 0.25) is 0 Å². The summed E-state index contributed by atoms with van der Waals surface area (Å²) in [4.78, 5) is 0. The number of aryl methyl sites for hydroxylation is 1. The van der Waals surface area contributed by atoms with Gasteiger partial charge in [0.25, 0.3) is 0 Å². The van der Waals surface area contributed by atoms with Crippen molar-refractivity contribution in [3.05, 3.63) is 54.3 Å². The van der Waals surface area contributed by atoms with Crippen LogP contribution in [0.3, 0.4) is 0 Å². The minimum atomic E-state index is 1.21. The topological polar surface area (TPSA) is 4.93 Å². The molecule has 76 valence electrons. The zero-order valence-electron chi connectivity index (χ0n) is 8.77. The van der Waals surface area contributed by atoms with Gasteiger partial charge in [-0.1, -0.05) is 36.9 Å². The van der Waals surface area contributed by atoms with Crippen molar-refractivity contribution in [2.75, 3.05) is 0 Å². The Hall–Kier alpha value is -1.33. The predicted octanol–water partition coefficient (Wildman–Crippen LogP) is 3.79. The van der Waals surface area contributed by atoms with Crippen LogP contribution in [-0.2, 0) is 0 Å². The third-order valence-electron chi connectivity index (χ3n) is 2.60. The van der Waals surface area contributed by atoms with Crippen molar-refractivity contribution in [3.8, 4) is 0 Å². The third kappa shape index (κ3) is 1.64. The number of fused-ring (bicyclic) bond motifs is 1. The fourth-order valence-electron chi connectivity index (χ4n) is 1.81. The summed E-state index contributed by atoms with van der Waals surface area (Å²) >= 11 is 0.